The Morgan fingerprint density at radius 3 is 2.71 bits per heavy atom. The summed E-state index contributed by atoms with van der Waals surface area (Å²) >= 11 is 7.46. The largest absolute Gasteiger partial charge is 0.351 e. The lowest BCUT2D eigenvalue weighted by Gasteiger charge is -2.44. The quantitative estimate of drug-likeness (QED) is 0.418. The summed E-state index contributed by atoms with van der Waals surface area (Å²) in [5.74, 6) is 3.75. The number of nitrogens with zero attached hydrogens (tertiary/aromatic N) is 4. The van der Waals surface area contributed by atoms with E-state index in [-0.39, 0.29) is 11.9 Å². The van der Waals surface area contributed by atoms with Gasteiger partial charge in [-0.2, -0.15) is 0 Å². The lowest BCUT2D eigenvalue weighted by Crippen LogP contribution is -2.60. The van der Waals surface area contributed by atoms with Gasteiger partial charge in [-0.05, 0) is 87.6 Å². The molecule has 38 heavy (non-hydrogen) atoms. The molecule has 2 aromatic heterocycles. The minimum atomic E-state index is -2.60. The first kappa shape index (κ1) is 27.5. The monoisotopic (exact) mass is 659 g/mol. The highest BCUT2D eigenvalue weighted by Crippen LogP contribution is 2.41. The van der Waals surface area contributed by atoms with Crippen molar-refractivity contribution in [2.24, 2.45) is 0 Å². The summed E-state index contributed by atoms with van der Waals surface area (Å²) in [4.78, 5) is 25.0. The van der Waals surface area contributed by atoms with E-state index >= 15 is 0 Å². The Hall–Kier alpha value is -2.11. The predicted octanol–water partition coefficient (Wildman–Crippen LogP) is 4.06. The highest BCUT2D eigenvalue weighted by atomic mass is 79.9. The molecule has 0 saturated carbocycles. The maximum Gasteiger partial charge on any atom is 0.239 e. The third kappa shape index (κ3) is 5.74. The zero-order valence-electron chi connectivity index (χ0n) is 21.5. The molecule has 0 spiro atoms. The number of amides is 1. The van der Waals surface area contributed by atoms with Crippen LogP contribution in [0.2, 0.25) is 0 Å². The van der Waals surface area contributed by atoms with Gasteiger partial charge in [-0.25, -0.2) is 4.31 Å². The zero-order chi connectivity index (χ0) is 27.0. The number of benzene rings is 1. The van der Waals surface area contributed by atoms with E-state index in [1.54, 1.807) is 23.0 Å². The number of pyridine rings is 2. The van der Waals surface area contributed by atoms with Crippen molar-refractivity contribution >= 4 is 53.3 Å². The number of hydrogen-bond donors (Lipinski definition) is 1. The van der Waals surface area contributed by atoms with E-state index in [2.05, 4.69) is 78.1 Å². The Morgan fingerprint density at radius 1 is 1.18 bits per heavy atom. The normalized spacial score (nSPS) is 21.6. The van der Waals surface area contributed by atoms with E-state index in [1.165, 1.54) is 22.3 Å². The molecule has 1 amide bonds. The molecule has 3 heterocycles. The molecule has 5 rings (SSSR count). The SMILES string of the molecule is C=S(C)(=O)N1CCN(C2c3ncc(Br)cc3CCc3cc(C)cc(Br)c32)CC1C(=O)NCc1cccnc1. The molecule has 200 valence electrons. The van der Waals surface area contributed by atoms with Crippen LogP contribution in [-0.4, -0.2) is 67.1 Å². The van der Waals surface area contributed by atoms with Crippen molar-refractivity contribution in [2.45, 2.75) is 38.4 Å². The minimum absolute atomic E-state index is 0.140. The summed E-state index contributed by atoms with van der Waals surface area (Å²) < 4.78 is 16.9. The second kappa shape index (κ2) is 11.2. The number of carbonyl (C=O) groups excluding carboxylic acids is 1. The van der Waals surface area contributed by atoms with Crippen LogP contribution in [0.15, 0.2) is 57.9 Å². The van der Waals surface area contributed by atoms with Gasteiger partial charge in [-0.3, -0.25) is 23.9 Å². The van der Waals surface area contributed by atoms with Gasteiger partial charge in [0.05, 0.1) is 11.7 Å². The molecule has 1 N–H and O–H groups in total. The van der Waals surface area contributed by atoms with Gasteiger partial charge >= 0.3 is 0 Å². The van der Waals surface area contributed by atoms with Crippen molar-refractivity contribution < 1.29 is 9.00 Å². The summed E-state index contributed by atoms with van der Waals surface area (Å²) in [6.45, 7) is 3.97. The maximum absolute atomic E-state index is 13.6. The molecule has 1 aliphatic carbocycles. The van der Waals surface area contributed by atoms with Crippen molar-refractivity contribution in [1.29, 1.82) is 0 Å². The number of halogens is 2. The van der Waals surface area contributed by atoms with E-state index in [4.69, 9.17) is 4.98 Å². The first-order chi connectivity index (χ1) is 18.1. The molecule has 2 aliphatic rings. The Kier molecular flexibility index (Phi) is 8.07. The van der Waals surface area contributed by atoms with Crippen LogP contribution in [0.25, 0.3) is 0 Å². The van der Waals surface area contributed by atoms with Crippen molar-refractivity contribution in [2.75, 3.05) is 25.9 Å². The van der Waals surface area contributed by atoms with Gasteiger partial charge in [0.2, 0.25) is 5.91 Å². The number of piperazine rings is 1. The number of rotatable bonds is 5. The molecule has 1 fully saturated rings. The fourth-order valence-corrected chi connectivity index (χ4v) is 7.93. The maximum atomic E-state index is 13.6. The molecule has 1 saturated heterocycles. The summed E-state index contributed by atoms with van der Waals surface area (Å²) in [6.07, 6.45) is 8.69. The first-order valence-electron chi connectivity index (χ1n) is 12.5. The van der Waals surface area contributed by atoms with Gasteiger partial charge in [0.1, 0.15) is 6.04 Å². The second-order valence-electron chi connectivity index (χ2n) is 10.1. The summed E-state index contributed by atoms with van der Waals surface area (Å²) in [5.41, 5.74) is 6.79. The van der Waals surface area contributed by atoms with Crippen molar-refractivity contribution in [3.05, 3.63) is 91.4 Å². The van der Waals surface area contributed by atoms with Gasteiger partial charge in [0.15, 0.2) is 0 Å². The Bertz CT molecular complexity index is 1470. The zero-order valence-corrected chi connectivity index (χ0v) is 25.5. The van der Waals surface area contributed by atoms with Gasteiger partial charge in [-0.1, -0.05) is 28.1 Å². The van der Waals surface area contributed by atoms with Crippen LogP contribution in [0.1, 0.15) is 39.6 Å². The number of fused-ring (bicyclic) bond motifs is 2. The van der Waals surface area contributed by atoms with Crippen molar-refractivity contribution in [1.82, 2.24) is 24.5 Å². The third-order valence-electron chi connectivity index (χ3n) is 7.24. The summed E-state index contributed by atoms with van der Waals surface area (Å²) in [7, 11) is -2.60. The fraction of sp³-hybridized carbons (Fsp3) is 0.357. The van der Waals surface area contributed by atoms with Gasteiger partial charge in [0, 0.05) is 69.7 Å². The number of aryl methyl sites for hydroxylation is 3. The van der Waals surface area contributed by atoms with Gasteiger partial charge in [0.25, 0.3) is 0 Å². The molecule has 3 aromatic rings. The van der Waals surface area contributed by atoms with Gasteiger partial charge in [-0.15, -0.1) is 0 Å². The lowest BCUT2D eigenvalue weighted by molar-refractivity contribution is -0.126. The molecule has 3 unspecified atom stereocenters. The molecule has 1 aliphatic heterocycles. The van der Waals surface area contributed by atoms with Crippen LogP contribution in [0.4, 0.5) is 0 Å². The minimum Gasteiger partial charge on any atom is -0.351 e. The van der Waals surface area contributed by atoms with Crippen LogP contribution in [-0.2, 0) is 33.9 Å². The molecule has 0 bridgehead atoms. The molecule has 7 nitrogen and oxygen atoms in total. The Balaban J connectivity index is 1.53. The predicted molar refractivity (Wildman–Crippen MR) is 159 cm³/mol. The van der Waals surface area contributed by atoms with Crippen LogP contribution >= 0.6 is 31.9 Å². The number of nitrogens with one attached hydrogen (secondary N) is 1. The number of aromatic nitrogens is 2. The lowest BCUT2D eigenvalue weighted by atomic mass is 9.94. The molecule has 1 aromatic carbocycles. The summed E-state index contributed by atoms with van der Waals surface area (Å²) in [5, 5.41) is 3.04. The molecule has 3 atom stereocenters. The van der Waals surface area contributed by atoms with Crippen LogP contribution in [0.5, 0.6) is 0 Å². The van der Waals surface area contributed by atoms with Crippen LogP contribution < -0.4 is 5.32 Å². The molecule has 10 heteroatoms. The average molecular weight is 661 g/mol. The highest BCUT2D eigenvalue weighted by molar-refractivity contribution is 9.10. The Morgan fingerprint density at radius 2 is 1.97 bits per heavy atom. The first-order valence-corrected chi connectivity index (χ1v) is 16.2. The number of carbonyl (C=O) groups is 1. The third-order valence-corrected chi connectivity index (χ3v) is 9.76. The number of hydrogen-bond acceptors (Lipinski definition) is 5. The van der Waals surface area contributed by atoms with Crippen molar-refractivity contribution in [3.8, 4) is 0 Å². The van der Waals surface area contributed by atoms with E-state index in [0.717, 1.165) is 33.0 Å². The van der Waals surface area contributed by atoms with E-state index < -0.39 is 15.7 Å². The molecule has 0 radical (unpaired) electrons. The van der Waals surface area contributed by atoms with E-state index in [0.29, 0.717) is 26.2 Å². The molecular weight excluding hydrogens is 630 g/mol. The van der Waals surface area contributed by atoms with E-state index in [1.807, 2.05) is 18.3 Å². The highest BCUT2D eigenvalue weighted by Gasteiger charge is 2.40. The average Bonchev–Trinajstić information content (AvgIpc) is 3.03. The van der Waals surface area contributed by atoms with E-state index in [9.17, 15) is 9.00 Å². The smallest absolute Gasteiger partial charge is 0.239 e. The molecular formula is C28H31Br2N5O2S. The topological polar surface area (TPSA) is 78.4 Å². The second-order valence-corrected chi connectivity index (χ2v) is 14.3. The van der Waals surface area contributed by atoms with Gasteiger partial charge < -0.3 is 5.32 Å². The van der Waals surface area contributed by atoms with Crippen molar-refractivity contribution in [3.63, 3.8) is 0 Å². The van der Waals surface area contributed by atoms with Crippen LogP contribution in [0.3, 0.4) is 0 Å². The fourth-order valence-electron chi connectivity index (χ4n) is 5.55. The Labute approximate surface area is 241 Å². The summed E-state index contributed by atoms with van der Waals surface area (Å²) in [6, 6.07) is 9.58. The van der Waals surface area contributed by atoms with Crippen LogP contribution in [0, 0.1) is 6.92 Å². The standard InChI is InChI=1S/C28H31Br2N5O2S/c1-18-11-20-6-7-21-13-22(29)16-32-26(21)27(25(20)23(30)12-18)34-9-10-35(38(2,3)37)24(17-34)28(36)33-15-19-5-4-8-31-14-19/h4-5,8,11-14,16,24,27H,2,6-7,9-10,15,17H2,1,3H3,(H,33,36).